The molecule has 3 nitrogen and oxygen atoms in total. The third kappa shape index (κ3) is 3.39. The summed E-state index contributed by atoms with van der Waals surface area (Å²) in [5.74, 6) is 0.358. The summed E-state index contributed by atoms with van der Waals surface area (Å²) in [6.07, 6.45) is 5.46. The predicted molar refractivity (Wildman–Crippen MR) is 89.2 cm³/mol. The fraction of sp³-hybridized carbons (Fsp3) is 0.611. The quantitative estimate of drug-likeness (QED) is 0.843. The molecule has 1 saturated carbocycles. The van der Waals surface area contributed by atoms with Crippen molar-refractivity contribution in [2.45, 2.75) is 52.9 Å². The lowest BCUT2D eigenvalue weighted by Gasteiger charge is -2.40. The second-order valence-electron chi connectivity index (χ2n) is 6.84. The summed E-state index contributed by atoms with van der Waals surface area (Å²) in [5.41, 5.74) is 7.74. The van der Waals surface area contributed by atoms with Crippen molar-refractivity contribution in [3.63, 3.8) is 0 Å². The van der Waals surface area contributed by atoms with Crippen molar-refractivity contribution in [2.24, 2.45) is 11.3 Å². The molecule has 2 rings (SSSR count). The van der Waals surface area contributed by atoms with Crippen LogP contribution in [-0.4, -0.2) is 12.5 Å². The third-order valence-electron chi connectivity index (χ3n) is 4.75. The topological polar surface area (TPSA) is 46.3 Å². The Kier molecular flexibility index (Phi) is 4.92. The second kappa shape index (κ2) is 6.50. The van der Waals surface area contributed by atoms with Gasteiger partial charge in [0, 0.05) is 12.5 Å². The lowest BCUT2D eigenvalue weighted by molar-refractivity contribution is -0.127. The van der Waals surface area contributed by atoms with Gasteiger partial charge in [0.15, 0.2) is 0 Å². The van der Waals surface area contributed by atoms with Crippen LogP contribution in [0.1, 0.15) is 52.9 Å². The first-order valence-corrected chi connectivity index (χ1v) is 8.13. The van der Waals surface area contributed by atoms with Crippen LogP contribution < -0.4 is 10.6 Å². The van der Waals surface area contributed by atoms with E-state index >= 15 is 0 Å². The number of nitrogens with two attached hydrogens (primary N) is 1. The summed E-state index contributed by atoms with van der Waals surface area (Å²) >= 11 is 0. The first kappa shape index (κ1) is 15.9. The molecule has 0 bridgehead atoms. The molecule has 1 aromatic carbocycles. The zero-order chi connectivity index (χ0) is 15.5. The molecule has 2 N–H and O–H groups in total. The van der Waals surface area contributed by atoms with Gasteiger partial charge in [-0.25, -0.2) is 0 Å². The molecule has 0 heterocycles. The van der Waals surface area contributed by atoms with Crippen molar-refractivity contribution >= 4 is 17.3 Å². The number of rotatable bonds is 4. The molecule has 1 aromatic rings. The predicted octanol–water partition coefficient (Wildman–Crippen LogP) is 4.23. The number of anilines is 2. The van der Waals surface area contributed by atoms with E-state index in [9.17, 15) is 4.79 Å². The Morgan fingerprint density at radius 2 is 2.05 bits per heavy atom. The SMILES string of the molecule is CCCN(C(=O)C1CCCCC1(C)C)c1ccccc1N. The highest BCUT2D eigenvalue weighted by Crippen LogP contribution is 2.42. The van der Waals surface area contributed by atoms with Crippen molar-refractivity contribution in [2.75, 3.05) is 17.2 Å². The van der Waals surface area contributed by atoms with Gasteiger partial charge in [-0.2, -0.15) is 0 Å². The Hall–Kier alpha value is -1.51. The maximum absolute atomic E-state index is 13.1. The van der Waals surface area contributed by atoms with E-state index < -0.39 is 0 Å². The van der Waals surface area contributed by atoms with Crippen molar-refractivity contribution in [3.05, 3.63) is 24.3 Å². The standard InChI is InChI=1S/C18H28N2O/c1-4-13-20(16-11-6-5-10-15(16)19)17(21)14-9-7-8-12-18(14,2)3/h5-6,10-11,14H,4,7-9,12-13,19H2,1-3H3. The maximum atomic E-state index is 13.1. The van der Waals surface area contributed by atoms with E-state index in [2.05, 4.69) is 20.8 Å². The fourth-order valence-corrected chi connectivity index (χ4v) is 3.45. The van der Waals surface area contributed by atoms with Crippen LogP contribution in [0.4, 0.5) is 11.4 Å². The largest absolute Gasteiger partial charge is 0.397 e. The maximum Gasteiger partial charge on any atom is 0.230 e. The molecule has 0 spiro atoms. The number of hydrogen-bond donors (Lipinski definition) is 1. The van der Waals surface area contributed by atoms with Crippen LogP contribution in [0.15, 0.2) is 24.3 Å². The van der Waals surface area contributed by atoms with Crippen molar-refractivity contribution in [1.29, 1.82) is 0 Å². The van der Waals surface area contributed by atoms with E-state index in [1.165, 1.54) is 6.42 Å². The number of carbonyl (C=O) groups excluding carboxylic acids is 1. The summed E-state index contributed by atoms with van der Waals surface area (Å²) in [4.78, 5) is 15.0. The molecular formula is C18H28N2O. The Labute approximate surface area is 128 Å². The number of benzene rings is 1. The molecule has 1 amide bonds. The van der Waals surface area contributed by atoms with Crippen LogP contribution in [0.5, 0.6) is 0 Å². The number of hydrogen-bond acceptors (Lipinski definition) is 2. The Morgan fingerprint density at radius 1 is 1.33 bits per heavy atom. The third-order valence-corrected chi connectivity index (χ3v) is 4.75. The number of nitrogens with zero attached hydrogens (tertiary/aromatic N) is 1. The molecule has 0 radical (unpaired) electrons. The van der Waals surface area contributed by atoms with Crippen LogP contribution in [0, 0.1) is 11.3 Å². The van der Waals surface area contributed by atoms with Crippen LogP contribution in [0.3, 0.4) is 0 Å². The minimum absolute atomic E-state index is 0.0882. The fourth-order valence-electron chi connectivity index (χ4n) is 3.45. The zero-order valence-corrected chi connectivity index (χ0v) is 13.6. The van der Waals surface area contributed by atoms with Crippen molar-refractivity contribution < 1.29 is 4.79 Å². The van der Waals surface area contributed by atoms with Crippen LogP contribution >= 0.6 is 0 Å². The molecular weight excluding hydrogens is 260 g/mol. The van der Waals surface area contributed by atoms with Gasteiger partial charge >= 0.3 is 0 Å². The van der Waals surface area contributed by atoms with Gasteiger partial charge in [-0.05, 0) is 36.8 Å². The van der Waals surface area contributed by atoms with Gasteiger partial charge in [0.05, 0.1) is 11.4 Å². The van der Waals surface area contributed by atoms with Gasteiger partial charge in [-0.1, -0.05) is 45.7 Å². The molecule has 1 aliphatic carbocycles. The summed E-state index contributed by atoms with van der Waals surface area (Å²) < 4.78 is 0. The van der Waals surface area contributed by atoms with E-state index in [0.29, 0.717) is 5.69 Å². The van der Waals surface area contributed by atoms with Gasteiger partial charge in [0.1, 0.15) is 0 Å². The molecule has 116 valence electrons. The van der Waals surface area contributed by atoms with Crippen molar-refractivity contribution in [1.82, 2.24) is 0 Å². The molecule has 0 aromatic heterocycles. The lowest BCUT2D eigenvalue weighted by Crippen LogP contribution is -2.44. The average Bonchev–Trinajstić information content (AvgIpc) is 2.45. The normalized spacial score (nSPS) is 21.0. The summed E-state index contributed by atoms with van der Waals surface area (Å²) in [6.45, 7) is 7.30. The number of carbonyl (C=O) groups is 1. The minimum Gasteiger partial charge on any atom is -0.397 e. The van der Waals surface area contributed by atoms with Gasteiger partial charge in [-0.15, -0.1) is 0 Å². The highest BCUT2D eigenvalue weighted by molar-refractivity contribution is 5.98. The Balaban J connectivity index is 2.29. The molecule has 1 atom stereocenters. The molecule has 21 heavy (non-hydrogen) atoms. The Bertz CT molecular complexity index is 496. The van der Waals surface area contributed by atoms with Gasteiger partial charge in [0.25, 0.3) is 0 Å². The molecule has 3 heteroatoms. The first-order valence-electron chi connectivity index (χ1n) is 8.13. The Morgan fingerprint density at radius 3 is 2.67 bits per heavy atom. The molecule has 0 saturated heterocycles. The van der Waals surface area contributed by atoms with Gasteiger partial charge < -0.3 is 10.6 Å². The van der Waals surface area contributed by atoms with E-state index in [-0.39, 0.29) is 17.2 Å². The first-order chi connectivity index (χ1) is 9.97. The summed E-state index contributed by atoms with van der Waals surface area (Å²) in [7, 11) is 0. The molecule has 0 aliphatic heterocycles. The van der Waals surface area contributed by atoms with Gasteiger partial charge in [0.2, 0.25) is 5.91 Å². The minimum atomic E-state index is 0.0882. The highest BCUT2D eigenvalue weighted by atomic mass is 16.2. The highest BCUT2D eigenvalue weighted by Gasteiger charge is 2.39. The molecule has 1 aliphatic rings. The van der Waals surface area contributed by atoms with Crippen LogP contribution in [0.25, 0.3) is 0 Å². The lowest BCUT2D eigenvalue weighted by atomic mass is 9.68. The van der Waals surface area contributed by atoms with Crippen LogP contribution in [0.2, 0.25) is 0 Å². The molecule has 1 fully saturated rings. The summed E-state index contributed by atoms with van der Waals surface area (Å²) in [6, 6.07) is 7.70. The summed E-state index contributed by atoms with van der Waals surface area (Å²) in [5, 5.41) is 0. The van der Waals surface area contributed by atoms with E-state index in [4.69, 9.17) is 5.73 Å². The number of amides is 1. The monoisotopic (exact) mass is 288 g/mol. The van der Waals surface area contributed by atoms with E-state index in [1.54, 1.807) is 0 Å². The second-order valence-corrected chi connectivity index (χ2v) is 6.84. The van der Waals surface area contributed by atoms with Gasteiger partial charge in [-0.3, -0.25) is 4.79 Å². The van der Waals surface area contributed by atoms with E-state index in [1.807, 2.05) is 29.2 Å². The number of nitrogen functional groups attached to an aromatic ring is 1. The number of para-hydroxylation sites is 2. The zero-order valence-electron chi connectivity index (χ0n) is 13.6. The van der Waals surface area contributed by atoms with E-state index in [0.717, 1.165) is 37.9 Å². The smallest absolute Gasteiger partial charge is 0.230 e. The average molecular weight is 288 g/mol. The molecule has 1 unspecified atom stereocenters. The van der Waals surface area contributed by atoms with Crippen LogP contribution in [-0.2, 0) is 4.79 Å². The van der Waals surface area contributed by atoms with Crippen molar-refractivity contribution in [3.8, 4) is 0 Å².